The second-order valence-electron chi connectivity index (χ2n) is 7.41. The predicted molar refractivity (Wildman–Crippen MR) is 119 cm³/mol. The Morgan fingerprint density at radius 1 is 1.27 bits per heavy atom. The number of hydrogen-bond acceptors (Lipinski definition) is 7. The Bertz CT molecular complexity index is 1090. The van der Waals surface area contributed by atoms with Crippen LogP contribution in [-0.2, 0) is 4.79 Å². The molecule has 3 aromatic heterocycles. The van der Waals surface area contributed by atoms with E-state index in [0.29, 0.717) is 12.4 Å². The van der Waals surface area contributed by atoms with Crippen molar-refractivity contribution in [3.8, 4) is 0 Å². The molecule has 0 saturated carbocycles. The van der Waals surface area contributed by atoms with Crippen LogP contribution in [0.15, 0.2) is 35.9 Å². The highest BCUT2D eigenvalue weighted by molar-refractivity contribution is 7.09. The number of amides is 1. The zero-order chi connectivity index (χ0) is 21.1. The molecule has 8 heteroatoms. The lowest BCUT2D eigenvalue weighted by Gasteiger charge is -2.15. The van der Waals surface area contributed by atoms with Crippen molar-refractivity contribution in [2.75, 3.05) is 18.4 Å². The van der Waals surface area contributed by atoms with Crippen molar-refractivity contribution < 1.29 is 4.79 Å². The van der Waals surface area contributed by atoms with E-state index in [1.807, 2.05) is 49.3 Å². The third-order valence-corrected chi connectivity index (χ3v) is 5.86. The molecular formula is C22H24N6OS. The largest absolute Gasteiger partial charge is 0.338 e. The Hall–Kier alpha value is -3.13. The quantitative estimate of drug-likeness (QED) is 0.628. The molecule has 1 unspecified atom stereocenters. The van der Waals surface area contributed by atoms with E-state index in [-0.39, 0.29) is 11.8 Å². The summed E-state index contributed by atoms with van der Waals surface area (Å²) in [6.45, 7) is 7.21. The molecule has 1 saturated heterocycles. The van der Waals surface area contributed by atoms with Crippen LogP contribution in [0, 0.1) is 20.8 Å². The maximum absolute atomic E-state index is 12.6. The van der Waals surface area contributed by atoms with E-state index < -0.39 is 0 Å². The van der Waals surface area contributed by atoms with Gasteiger partial charge in [0.25, 0.3) is 0 Å². The molecule has 1 atom stereocenters. The fourth-order valence-corrected chi connectivity index (χ4v) is 4.10. The lowest BCUT2D eigenvalue weighted by molar-refractivity contribution is -0.124. The van der Waals surface area contributed by atoms with E-state index >= 15 is 0 Å². The molecular weight excluding hydrogens is 396 g/mol. The molecule has 1 fully saturated rings. The van der Waals surface area contributed by atoms with Crippen molar-refractivity contribution in [1.29, 1.82) is 0 Å². The van der Waals surface area contributed by atoms with E-state index in [2.05, 4.69) is 25.3 Å². The lowest BCUT2D eigenvalue weighted by atomic mass is 10.0. The number of aromatic nitrogens is 4. The van der Waals surface area contributed by atoms with Crippen LogP contribution in [0.4, 0.5) is 11.6 Å². The molecule has 0 bridgehead atoms. The van der Waals surface area contributed by atoms with Crippen molar-refractivity contribution in [2.45, 2.75) is 33.1 Å². The Kier molecular flexibility index (Phi) is 5.85. The molecule has 4 rings (SSSR count). The maximum atomic E-state index is 12.6. The molecule has 4 heterocycles. The Morgan fingerprint density at radius 3 is 2.90 bits per heavy atom. The fourth-order valence-electron chi connectivity index (χ4n) is 3.52. The first-order chi connectivity index (χ1) is 14.5. The first-order valence-corrected chi connectivity index (χ1v) is 10.8. The molecule has 154 valence electrons. The van der Waals surface area contributed by atoms with Crippen LogP contribution in [0.2, 0.25) is 0 Å². The Balaban J connectivity index is 1.44. The number of nitrogens with zero attached hydrogens (tertiary/aromatic N) is 5. The number of rotatable bonds is 5. The second-order valence-corrected chi connectivity index (χ2v) is 8.48. The smallest absolute Gasteiger partial charge is 0.246 e. The number of carbonyl (C=O) groups excluding carboxylic acids is 1. The summed E-state index contributed by atoms with van der Waals surface area (Å²) in [5.74, 6) is 2.41. The van der Waals surface area contributed by atoms with Crippen LogP contribution in [0.25, 0.3) is 6.08 Å². The summed E-state index contributed by atoms with van der Waals surface area (Å²) in [4.78, 5) is 32.3. The minimum Gasteiger partial charge on any atom is -0.338 e. The molecule has 0 aromatic carbocycles. The van der Waals surface area contributed by atoms with E-state index in [9.17, 15) is 4.79 Å². The lowest BCUT2D eigenvalue weighted by Crippen LogP contribution is -2.26. The highest BCUT2D eigenvalue weighted by Gasteiger charge is 2.27. The first kappa shape index (κ1) is 20.2. The number of nitrogens with one attached hydrogen (secondary N) is 1. The predicted octanol–water partition coefficient (Wildman–Crippen LogP) is 4.03. The zero-order valence-corrected chi connectivity index (χ0v) is 18.1. The van der Waals surface area contributed by atoms with Gasteiger partial charge in [-0.1, -0.05) is 6.07 Å². The molecule has 0 aliphatic carbocycles. The first-order valence-electron chi connectivity index (χ1n) is 9.91. The van der Waals surface area contributed by atoms with Gasteiger partial charge in [0.05, 0.1) is 16.4 Å². The molecule has 1 N–H and O–H groups in total. The minimum atomic E-state index is 0.0105. The molecule has 30 heavy (non-hydrogen) atoms. The van der Waals surface area contributed by atoms with Crippen molar-refractivity contribution in [1.82, 2.24) is 24.8 Å². The summed E-state index contributed by atoms with van der Waals surface area (Å²) >= 11 is 1.58. The molecule has 0 spiro atoms. The van der Waals surface area contributed by atoms with E-state index in [4.69, 9.17) is 0 Å². The van der Waals surface area contributed by atoms with Crippen LogP contribution < -0.4 is 5.32 Å². The molecule has 1 aliphatic rings. The van der Waals surface area contributed by atoms with Gasteiger partial charge in [-0.3, -0.25) is 4.79 Å². The van der Waals surface area contributed by atoms with Gasteiger partial charge in [-0.05, 0) is 44.9 Å². The van der Waals surface area contributed by atoms with Crippen molar-refractivity contribution in [3.05, 3.63) is 63.6 Å². The number of anilines is 2. The van der Waals surface area contributed by atoms with Crippen molar-refractivity contribution in [3.63, 3.8) is 0 Å². The third kappa shape index (κ3) is 4.71. The average molecular weight is 421 g/mol. The number of hydrogen-bond donors (Lipinski definition) is 1. The SMILES string of the molecule is Cc1nc(Nc2ncccc2C)cc(C2CCN(C(=O)C=Cc3csc(C)n3)C2)n1. The normalized spacial score (nSPS) is 16.4. The monoisotopic (exact) mass is 420 g/mol. The number of likely N-dealkylation sites (tertiary alicyclic amines) is 1. The summed E-state index contributed by atoms with van der Waals surface area (Å²) in [7, 11) is 0. The number of thiazole rings is 1. The topological polar surface area (TPSA) is 83.9 Å². The molecule has 1 aliphatic heterocycles. The zero-order valence-electron chi connectivity index (χ0n) is 17.3. The summed E-state index contributed by atoms with van der Waals surface area (Å²) < 4.78 is 0. The van der Waals surface area contributed by atoms with Gasteiger partial charge in [0, 0.05) is 42.7 Å². The van der Waals surface area contributed by atoms with E-state index in [1.54, 1.807) is 29.7 Å². The maximum Gasteiger partial charge on any atom is 0.246 e. The molecule has 0 radical (unpaired) electrons. The number of aryl methyl sites for hydroxylation is 3. The second kappa shape index (κ2) is 8.71. The van der Waals surface area contributed by atoms with Gasteiger partial charge in [0.2, 0.25) is 5.91 Å². The number of pyridine rings is 1. The molecule has 1 amide bonds. The molecule has 3 aromatic rings. The molecule has 7 nitrogen and oxygen atoms in total. The van der Waals surface area contributed by atoms with Gasteiger partial charge in [-0.15, -0.1) is 11.3 Å². The Morgan fingerprint density at radius 2 is 2.13 bits per heavy atom. The summed E-state index contributed by atoms with van der Waals surface area (Å²) in [5, 5.41) is 6.24. The van der Waals surface area contributed by atoms with E-state index in [1.165, 1.54) is 0 Å². The standard InChI is InChI=1S/C22H24N6OS/c1-14-5-4-9-23-22(14)27-20-11-19(24-15(2)25-20)17-8-10-28(12-17)21(29)7-6-18-13-30-16(3)26-18/h4-7,9,11,13,17H,8,10,12H2,1-3H3,(H,23,24,25,27). The van der Waals surface area contributed by atoms with Crippen LogP contribution in [-0.4, -0.2) is 43.8 Å². The van der Waals surface area contributed by atoms with E-state index in [0.717, 1.165) is 46.6 Å². The van der Waals surface area contributed by atoms with Crippen LogP contribution >= 0.6 is 11.3 Å². The number of carbonyl (C=O) groups is 1. The summed E-state index contributed by atoms with van der Waals surface area (Å²) in [5.41, 5.74) is 2.83. The van der Waals surface area contributed by atoms with Gasteiger partial charge >= 0.3 is 0 Å². The summed E-state index contributed by atoms with van der Waals surface area (Å²) in [6.07, 6.45) is 6.03. The Labute approximate surface area is 179 Å². The highest BCUT2D eigenvalue weighted by Crippen LogP contribution is 2.28. The van der Waals surface area contributed by atoms with Crippen molar-refractivity contribution in [2.24, 2.45) is 0 Å². The van der Waals surface area contributed by atoms with Crippen molar-refractivity contribution >= 4 is 35.0 Å². The van der Waals surface area contributed by atoms with Gasteiger partial charge in [-0.25, -0.2) is 19.9 Å². The van der Waals surface area contributed by atoms with Crippen LogP contribution in [0.5, 0.6) is 0 Å². The van der Waals surface area contributed by atoms with Gasteiger partial charge in [-0.2, -0.15) is 0 Å². The van der Waals surface area contributed by atoms with Crippen LogP contribution in [0.1, 0.15) is 40.1 Å². The van der Waals surface area contributed by atoms with Gasteiger partial charge < -0.3 is 10.2 Å². The minimum absolute atomic E-state index is 0.0105. The third-order valence-electron chi connectivity index (χ3n) is 5.07. The highest BCUT2D eigenvalue weighted by atomic mass is 32.1. The average Bonchev–Trinajstić information content (AvgIpc) is 3.37. The van der Waals surface area contributed by atoms with Gasteiger partial charge in [0.1, 0.15) is 17.5 Å². The van der Waals surface area contributed by atoms with Crippen LogP contribution in [0.3, 0.4) is 0 Å². The fraction of sp³-hybridized carbons (Fsp3) is 0.318. The van der Waals surface area contributed by atoms with Gasteiger partial charge in [0.15, 0.2) is 0 Å². The summed E-state index contributed by atoms with van der Waals surface area (Å²) in [6, 6.07) is 5.88.